The van der Waals surface area contributed by atoms with Gasteiger partial charge < -0.3 is 14.4 Å². The lowest BCUT2D eigenvalue weighted by Gasteiger charge is -2.40. The molecule has 0 bridgehead atoms. The quantitative estimate of drug-likeness (QED) is 0.291. The molecule has 5 heterocycles. The third kappa shape index (κ3) is 4.68. The maximum atomic E-state index is 13.1. The number of carbonyl (C=O) groups is 1. The van der Waals surface area contributed by atoms with Crippen molar-refractivity contribution in [3.8, 4) is 17.0 Å². The Morgan fingerprint density at radius 2 is 2.03 bits per heavy atom. The van der Waals surface area contributed by atoms with Crippen molar-refractivity contribution in [2.75, 3.05) is 6.54 Å². The first-order valence-electron chi connectivity index (χ1n) is 12.7. The maximum absolute atomic E-state index is 13.1. The number of rotatable bonds is 4. The molecule has 2 fully saturated rings. The summed E-state index contributed by atoms with van der Waals surface area (Å²) in [6.07, 6.45) is 6.94. The summed E-state index contributed by atoms with van der Waals surface area (Å²) in [5.41, 5.74) is 2.33. The molecule has 0 aromatic carbocycles. The van der Waals surface area contributed by atoms with Crippen LogP contribution in [0.5, 0.6) is 5.75 Å². The van der Waals surface area contributed by atoms with Gasteiger partial charge in [-0.2, -0.15) is 13.9 Å². The third-order valence-corrected chi connectivity index (χ3v) is 8.39. The van der Waals surface area contributed by atoms with Crippen LogP contribution in [0.4, 0.5) is 13.6 Å². The molecule has 8 nitrogen and oxygen atoms in total. The summed E-state index contributed by atoms with van der Waals surface area (Å²) < 4.78 is 39.0. The minimum absolute atomic E-state index is 0.0310. The van der Waals surface area contributed by atoms with Gasteiger partial charge >= 0.3 is 12.7 Å². The smallest absolute Gasteiger partial charge is 0.410 e. The molecule has 0 N–H and O–H groups in total. The van der Waals surface area contributed by atoms with E-state index in [1.165, 1.54) is 15.5 Å². The Bertz CT molecular complexity index is 1540. The summed E-state index contributed by atoms with van der Waals surface area (Å²) in [5, 5.41) is 4.56. The molecule has 200 valence electrons. The van der Waals surface area contributed by atoms with Crippen LogP contribution < -0.4 is 4.74 Å². The van der Waals surface area contributed by atoms with Crippen LogP contribution in [0.25, 0.3) is 27.1 Å². The molecule has 4 aromatic heterocycles. The largest absolute Gasteiger partial charge is 0.444 e. The standard InChI is InChI=1S/C27H29F2N5O3S/c1-15-14-34-23(31-15)20(36-24(28)29)10-18(32-34)17-9-22-19(30-13-17)11-21(38-22)16-5-8-33(27(12-16)6-7-27)25(35)37-26(2,3)4/h9-11,13-14,16,24H,5-8,12H2,1-4H3. The first-order chi connectivity index (χ1) is 18.0. The van der Waals surface area contributed by atoms with E-state index in [1.54, 1.807) is 30.7 Å². The number of hydrogen-bond donors (Lipinski definition) is 0. The number of imidazole rings is 1. The highest BCUT2D eigenvalue weighted by atomic mass is 32.1. The summed E-state index contributed by atoms with van der Waals surface area (Å²) in [6.45, 7) is 5.16. The summed E-state index contributed by atoms with van der Waals surface area (Å²) in [6, 6.07) is 5.60. The van der Waals surface area contributed by atoms with Gasteiger partial charge in [0.2, 0.25) is 0 Å². The number of thiophene rings is 1. The number of aryl methyl sites for hydroxylation is 1. The Labute approximate surface area is 222 Å². The van der Waals surface area contributed by atoms with Gasteiger partial charge in [0.05, 0.1) is 27.8 Å². The Balaban J connectivity index is 1.27. The van der Waals surface area contributed by atoms with E-state index in [4.69, 9.17) is 9.47 Å². The highest BCUT2D eigenvalue weighted by molar-refractivity contribution is 7.19. The van der Waals surface area contributed by atoms with Crippen LogP contribution in [0.3, 0.4) is 0 Å². The summed E-state index contributed by atoms with van der Waals surface area (Å²) in [4.78, 5) is 24.9. The van der Waals surface area contributed by atoms with E-state index in [-0.39, 0.29) is 23.0 Å². The number of aromatic nitrogens is 4. The summed E-state index contributed by atoms with van der Waals surface area (Å²) in [7, 11) is 0. The van der Waals surface area contributed by atoms with Crippen molar-refractivity contribution < 1.29 is 23.0 Å². The second kappa shape index (κ2) is 8.86. The molecule has 1 amide bonds. The van der Waals surface area contributed by atoms with Crippen molar-refractivity contribution in [1.82, 2.24) is 24.5 Å². The molecule has 0 radical (unpaired) electrons. The van der Waals surface area contributed by atoms with Crippen molar-refractivity contribution in [2.45, 2.75) is 77.0 Å². The Kier molecular flexibility index (Phi) is 5.82. The van der Waals surface area contributed by atoms with Crippen LogP contribution in [-0.4, -0.2) is 54.9 Å². The minimum Gasteiger partial charge on any atom is -0.444 e. The SMILES string of the molecule is Cc1cn2nc(-c3cnc4cc(C5CCN(C(=O)OC(C)(C)C)C6(CC6)C5)sc4c3)cc(OC(F)F)c2n1. The molecule has 1 aliphatic heterocycles. The highest BCUT2D eigenvalue weighted by Crippen LogP contribution is 2.53. The Hall–Kier alpha value is -3.34. The van der Waals surface area contributed by atoms with Gasteiger partial charge in [-0.1, -0.05) is 0 Å². The van der Waals surface area contributed by atoms with E-state index in [1.807, 2.05) is 31.7 Å². The number of halogens is 2. The Morgan fingerprint density at radius 1 is 1.24 bits per heavy atom. The van der Waals surface area contributed by atoms with Gasteiger partial charge in [-0.05, 0) is 71.4 Å². The molecule has 11 heteroatoms. The zero-order chi connectivity index (χ0) is 26.8. The molecule has 1 saturated carbocycles. The van der Waals surface area contributed by atoms with Crippen LogP contribution in [0.15, 0.2) is 30.6 Å². The second-order valence-electron chi connectivity index (χ2n) is 11.2. The van der Waals surface area contributed by atoms with Crippen molar-refractivity contribution in [2.24, 2.45) is 0 Å². The van der Waals surface area contributed by atoms with Crippen LogP contribution in [0.1, 0.15) is 62.9 Å². The fourth-order valence-corrected chi connectivity index (χ4v) is 6.52. The predicted molar refractivity (Wildman–Crippen MR) is 140 cm³/mol. The van der Waals surface area contributed by atoms with Gasteiger partial charge in [0.25, 0.3) is 0 Å². The van der Waals surface area contributed by atoms with Crippen LogP contribution in [0.2, 0.25) is 0 Å². The topological polar surface area (TPSA) is 81.9 Å². The molecule has 1 aliphatic carbocycles. The number of alkyl halides is 2. The van der Waals surface area contributed by atoms with Gasteiger partial charge in [0.1, 0.15) is 5.60 Å². The van der Waals surface area contributed by atoms with Gasteiger partial charge in [-0.25, -0.2) is 14.3 Å². The number of carbonyl (C=O) groups excluding carboxylic acids is 1. The number of amides is 1. The normalized spacial score (nSPS) is 19.0. The lowest BCUT2D eigenvalue weighted by atomic mass is 9.88. The summed E-state index contributed by atoms with van der Waals surface area (Å²) in [5.74, 6) is 0.310. The lowest BCUT2D eigenvalue weighted by molar-refractivity contribution is -0.0492. The summed E-state index contributed by atoms with van der Waals surface area (Å²) >= 11 is 1.69. The van der Waals surface area contributed by atoms with Gasteiger partial charge in [-0.15, -0.1) is 11.3 Å². The molecule has 6 rings (SSSR count). The van der Waals surface area contributed by atoms with Crippen molar-refractivity contribution >= 4 is 33.3 Å². The van der Waals surface area contributed by atoms with Crippen LogP contribution >= 0.6 is 11.3 Å². The average Bonchev–Trinajstić information content (AvgIpc) is 3.27. The average molecular weight is 542 g/mol. The molecule has 2 aliphatic rings. The number of piperidine rings is 1. The molecule has 1 atom stereocenters. The molecule has 38 heavy (non-hydrogen) atoms. The first kappa shape index (κ1) is 25.0. The number of ether oxygens (including phenoxy) is 2. The molecule has 1 unspecified atom stereocenters. The number of nitrogens with zero attached hydrogens (tertiary/aromatic N) is 5. The Morgan fingerprint density at radius 3 is 2.74 bits per heavy atom. The fraction of sp³-hybridized carbons (Fsp3) is 0.481. The van der Waals surface area contributed by atoms with Crippen molar-refractivity contribution in [1.29, 1.82) is 0 Å². The zero-order valence-electron chi connectivity index (χ0n) is 21.7. The van der Waals surface area contributed by atoms with Gasteiger partial charge in [-0.3, -0.25) is 4.98 Å². The molecule has 1 saturated heterocycles. The van der Waals surface area contributed by atoms with E-state index in [0.717, 1.165) is 35.9 Å². The van der Waals surface area contributed by atoms with Crippen LogP contribution in [-0.2, 0) is 4.74 Å². The maximum Gasteiger partial charge on any atom is 0.410 e. The third-order valence-electron chi connectivity index (χ3n) is 7.16. The first-order valence-corrected chi connectivity index (χ1v) is 13.5. The zero-order valence-corrected chi connectivity index (χ0v) is 22.5. The fourth-order valence-electron chi connectivity index (χ4n) is 5.32. The predicted octanol–water partition coefficient (Wildman–Crippen LogP) is 6.56. The molecular formula is C27H29F2N5O3S. The van der Waals surface area contributed by atoms with E-state index in [2.05, 4.69) is 21.1 Å². The van der Waals surface area contributed by atoms with Gasteiger partial charge in [0.15, 0.2) is 11.4 Å². The monoisotopic (exact) mass is 541 g/mol. The molecular weight excluding hydrogens is 512 g/mol. The highest BCUT2D eigenvalue weighted by Gasteiger charge is 2.54. The van der Waals surface area contributed by atoms with Gasteiger partial charge in [0, 0.05) is 34.8 Å². The van der Waals surface area contributed by atoms with Crippen LogP contribution in [0, 0.1) is 6.92 Å². The minimum atomic E-state index is -2.97. The molecule has 1 spiro atoms. The van der Waals surface area contributed by atoms with E-state index in [9.17, 15) is 13.6 Å². The number of fused-ring (bicyclic) bond motifs is 2. The van der Waals surface area contributed by atoms with Crippen molar-refractivity contribution in [3.05, 3.63) is 41.2 Å². The number of pyridine rings is 1. The molecule has 4 aromatic rings. The second-order valence-corrected chi connectivity index (χ2v) is 12.3. The van der Waals surface area contributed by atoms with Crippen molar-refractivity contribution in [3.63, 3.8) is 0 Å². The number of hydrogen-bond acceptors (Lipinski definition) is 7. The van der Waals surface area contributed by atoms with E-state index < -0.39 is 12.2 Å². The lowest BCUT2D eigenvalue weighted by Crippen LogP contribution is -2.49. The van der Waals surface area contributed by atoms with E-state index >= 15 is 0 Å². The van der Waals surface area contributed by atoms with E-state index in [0.29, 0.717) is 29.4 Å². The number of likely N-dealkylation sites (tertiary alicyclic amines) is 1.